The molecule has 0 aliphatic carbocycles. The van der Waals surface area contributed by atoms with Gasteiger partial charge in [0, 0.05) is 42.2 Å². The molecule has 27 heavy (non-hydrogen) atoms. The predicted molar refractivity (Wildman–Crippen MR) is 106 cm³/mol. The molecule has 0 saturated heterocycles. The van der Waals surface area contributed by atoms with E-state index in [1.807, 2.05) is 35.1 Å². The van der Waals surface area contributed by atoms with E-state index in [-0.39, 0.29) is 11.6 Å². The van der Waals surface area contributed by atoms with E-state index in [0.29, 0.717) is 12.2 Å². The summed E-state index contributed by atoms with van der Waals surface area (Å²) in [5.74, 6) is -0.122. The van der Waals surface area contributed by atoms with Gasteiger partial charge in [-0.15, -0.1) is 11.3 Å². The van der Waals surface area contributed by atoms with Gasteiger partial charge in [-0.2, -0.15) is 0 Å². The van der Waals surface area contributed by atoms with Crippen molar-refractivity contribution in [1.82, 2.24) is 4.57 Å². The van der Waals surface area contributed by atoms with Gasteiger partial charge in [0.1, 0.15) is 0 Å². The van der Waals surface area contributed by atoms with Gasteiger partial charge in [-0.3, -0.25) is 14.9 Å². The zero-order valence-corrected chi connectivity index (χ0v) is 15.7. The smallest absolute Gasteiger partial charge is 0.270 e. The highest BCUT2D eigenvalue weighted by Crippen LogP contribution is 2.25. The quantitative estimate of drug-likeness (QED) is 0.526. The maximum atomic E-state index is 11.1. The number of nitro groups is 1. The first-order valence-electron chi connectivity index (χ1n) is 8.33. The van der Waals surface area contributed by atoms with Crippen molar-refractivity contribution in [3.63, 3.8) is 0 Å². The maximum absolute atomic E-state index is 11.1. The lowest BCUT2D eigenvalue weighted by Crippen LogP contribution is -2.14. The number of hydrogen-bond donors (Lipinski definition) is 1. The van der Waals surface area contributed by atoms with Gasteiger partial charge in [0.15, 0.2) is 4.80 Å². The first-order chi connectivity index (χ1) is 13.0. The van der Waals surface area contributed by atoms with Crippen LogP contribution in [0.2, 0.25) is 0 Å². The van der Waals surface area contributed by atoms with Crippen molar-refractivity contribution < 1.29 is 9.72 Å². The minimum atomic E-state index is -0.395. The molecular weight excluding hydrogens is 364 g/mol. The third-order valence-corrected chi connectivity index (χ3v) is 4.74. The van der Waals surface area contributed by atoms with E-state index in [9.17, 15) is 14.9 Å². The molecule has 138 valence electrons. The number of anilines is 1. The fraction of sp³-hybridized carbons (Fsp3) is 0.158. The number of rotatable bonds is 5. The van der Waals surface area contributed by atoms with E-state index < -0.39 is 4.92 Å². The lowest BCUT2D eigenvalue weighted by atomic mass is 10.1. The Morgan fingerprint density at radius 2 is 2.00 bits per heavy atom. The standard InChI is InChI=1S/C19H18N4O3S/c1-3-22-18(14-5-4-6-17(11-14)23(25)26)12-27-19(22)21-16-9-7-15(8-10-16)20-13(2)24/h4-12H,3H2,1-2H3,(H,20,24). The van der Waals surface area contributed by atoms with Crippen molar-refractivity contribution in [3.05, 3.63) is 68.8 Å². The molecule has 8 heteroatoms. The minimum Gasteiger partial charge on any atom is -0.326 e. The second-order valence-electron chi connectivity index (χ2n) is 5.80. The summed E-state index contributed by atoms with van der Waals surface area (Å²) in [6.07, 6.45) is 0. The Hall–Kier alpha value is -3.26. The fourth-order valence-corrected chi connectivity index (χ4v) is 3.66. The number of carbonyl (C=O) groups excluding carboxylic acids is 1. The molecule has 0 atom stereocenters. The summed E-state index contributed by atoms with van der Waals surface area (Å²) in [5.41, 5.74) is 3.21. The van der Waals surface area contributed by atoms with Crippen molar-refractivity contribution in [3.8, 4) is 11.3 Å². The van der Waals surface area contributed by atoms with Crippen LogP contribution in [0.4, 0.5) is 17.1 Å². The normalized spacial score (nSPS) is 11.4. The Balaban J connectivity index is 1.98. The minimum absolute atomic E-state index is 0.0633. The van der Waals surface area contributed by atoms with Crippen molar-refractivity contribution in [2.75, 3.05) is 5.32 Å². The summed E-state index contributed by atoms with van der Waals surface area (Å²) in [7, 11) is 0. The summed E-state index contributed by atoms with van der Waals surface area (Å²) in [4.78, 5) is 27.2. The van der Waals surface area contributed by atoms with E-state index in [0.717, 1.165) is 21.7 Å². The van der Waals surface area contributed by atoms with E-state index >= 15 is 0 Å². The van der Waals surface area contributed by atoms with E-state index in [4.69, 9.17) is 0 Å². The number of nitro benzene ring substituents is 1. The van der Waals surface area contributed by atoms with Gasteiger partial charge in [0.05, 0.1) is 16.3 Å². The van der Waals surface area contributed by atoms with Crippen molar-refractivity contribution in [1.29, 1.82) is 0 Å². The second-order valence-corrected chi connectivity index (χ2v) is 6.63. The van der Waals surface area contributed by atoms with Gasteiger partial charge >= 0.3 is 0 Å². The molecule has 1 amide bonds. The number of hydrogen-bond acceptors (Lipinski definition) is 5. The van der Waals surface area contributed by atoms with Gasteiger partial charge in [-0.05, 0) is 31.2 Å². The highest BCUT2D eigenvalue weighted by atomic mass is 32.1. The van der Waals surface area contributed by atoms with E-state index in [1.54, 1.807) is 24.3 Å². The molecule has 0 fully saturated rings. The van der Waals surface area contributed by atoms with Gasteiger partial charge in [-0.1, -0.05) is 12.1 Å². The Labute approximate surface area is 159 Å². The largest absolute Gasteiger partial charge is 0.326 e. The molecule has 0 radical (unpaired) electrons. The number of benzene rings is 2. The average Bonchev–Trinajstić information content (AvgIpc) is 3.05. The van der Waals surface area contributed by atoms with Gasteiger partial charge < -0.3 is 9.88 Å². The summed E-state index contributed by atoms with van der Waals surface area (Å²) in [6.45, 7) is 4.15. The first-order valence-corrected chi connectivity index (χ1v) is 9.21. The van der Waals surface area contributed by atoms with Crippen LogP contribution < -0.4 is 10.1 Å². The highest BCUT2D eigenvalue weighted by Gasteiger charge is 2.11. The average molecular weight is 382 g/mol. The summed E-state index contributed by atoms with van der Waals surface area (Å²) in [6, 6.07) is 13.8. The second kappa shape index (κ2) is 7.96. The molecular formula is C19H18N4O3S. The SMILES string of the molecule is CCn1c(-c2cccc([N+](=O)[O-])c2)csc1=Nc1ccc(NC(C)=O)cc1. The molecule has 1 N–H and O–H groups in total. The number of nitrogens with one attached hydrogen (secondary N) is 1. The molecule has 1 heterocycles. The molecule has 0 saturated carbocycles. The molecule has 0 bridgehead atoms. The molecule has 2 aromatic carbocycles. The Bertz CT molecular complexity index is 1050. The number of aromatic nitrogens is 1. The summed E-state index contributed by atoms with van der Waals surface area (Å²) in [5, 5.41) is 15.7. The van der Waals surface area contributed by atoms with Crippen LogP contribution >= 0.6 is 11.3 Å². The van der Waals surface area contributed by atoms with Crippen molar-refractivity contribution in [2.24, 2.45) is 4.99 Å². The van der Waals surface area contributed by atoms with E-state index in [2.05, 4.69) is 10.3 Å². The fourth-order valence-electron chi connectivity index (χ4n) is 2.67. The van der Waals surface area contributed by atoms with Crippen LogP contribution in [0.5, 0.6) is 0 Å². The maximum Gasteiger partial charge on any atom is 0.270 e. The predicted octanol–water partition coefficient (Wildman–Crippen LogP) is 4.34. The lowest BCUT2D eigenvalue weighted by Gasteiger charge is -2.06. The number of carbonyl (C=O) groups is 1. The number of non-ortho nitro benzene ring substituents is 1. The van der Waals surface area contributed by atoms with Crippen molar-refractivity contribution in [2.45, 2.75) is 20.4 Å². The zero-order valence-electron chi connectivity index (χ0n) is 14.9. The molecule has 0 aliphatic rings. The molecule has 0 spiro atoms. The van der Waals surface area contributed by atoms with Crippen LogP contribution in [0.15, 0.2) is 58.9 Å². The van der Waals surface area contributed by atoms with Crippen LogP contribution in [-0.4, -0.2) is 15.4 Å². The van der Waals surface area contributed by atoms with Crippen LogP contribution in [0.1, 0.15) is 13.8 Å². The van der Waals surface area contributed by atoms with Gasteiger partial charge in [0.25, 0.3) is 5.69 Å². The summed E-state index contributed by atoms with van der Waals surface area (Å²) < 4.78 is 2.02. The zero-order chi connectivity index (χ0) is 19.4. The van der Waals surface area contributed by atoms with Gasteiger partial charge in [-0.25, -0.2) is 4.99 Å². The van der Waals surface area contributed by atoms with Crippen LogP contribution in [0, 0.1) is 10.1 Å². The molecule has 0 unspecified atom stereocenters. The highest BCUT2D eigenvalue weighted by molar-refractivity contribution is 7.07. The van der Waals surface area contributed by atoms with E-state index in [1.165, 1.54) is 24.3 Å². The Morgan fingerprint density at radius 1 is 1.26 bits per heavy atom. The molecule has 1 aromatic heterocycles. The Kier molecular flexibility index (Phi) is 5.46. The number of nitrogens with zero attached hydrogens (tertiary/aromatic N) is 3. The van der Waals surface area contributed by atoms with Crippen molar-refractivity contribution >= 4 is 34.3 Å². The van der Waals surface area contributed by atoms with Gasteiger partial charge in [0.2, 0.25) is 5.91 Å². The summed E-state index contributed by atoms with van der Waals surface area (Å²) >= 11 is 1.48. The van der Waals surface area contributed by atoms with Crippen LogP contribution in [0.3, 0.4) is 0 Å². The molecule has 0 aliphatic heterocycles. The van der Waals surface area contributed by atoms with Crippen LogP contribution in [-0.2, 0) is 11.3 Å². The molecule has 3 rings (SSSR count). The molecule has 7 nitrogen and oxygen atoms in total. The third-order valence-electron chi connectivity index (χ3n) is 3.88. The number of thiazole rings is 1. The number of amides is 1. The lowest BCUT2D eigenvalue weighted by molar-refractivity contribution is -0.384. The Morgan fingerprint density at radius 3 is 2.63 bits per heavy atom. The molecule has 3 aromatic rings. The third kappa shape index (κ3) is 4.29. The van der Waals surface area contributed by atoms with Crippen LogP contribution in [0.25, 0.3) is 11.3 Å². The first kappa shape index (κ1) is 18.5. The topological polar surface area (TPSA) is 89.5 Å². The monoisotopic (exact) mass is 382 g/mol.